The van der Waals surface area contributed by atoms with Crippen LogP contribution in [0.2, 0.25) is 5.02 Å². The van der Waals surface area contributed by atoms with Crippen LogP contribution in [0.5, 0.6) is 0 Å². The first-order valence-corrected chi connectivity index (χ1v) is 6.63. The zero-order valence-electron chi connectivity index (χ0n) is 10.5. The van der Waals surface area contributed by atoms with E-state index in [4.69, 9.17) is 17.3 Å². The molecule has 4 nitrogen and oxygen atoms in total. The van der Waals surface area contributed by atoms with Crippen molar-refractivity contribution in [3.05, 3.63) is 41.0 Å². The van der Waals surface area contributed by atoms with Crippen molar-refractivity contribution in [2.75, 3.05) is 13.1 Å². The maximum atomic E-state index is 12.1. The minimum Gasteiger partial charge on any atom is -0.352 e. The Morgan fingerprint density at radius 2 is 2.16 bits per heavy atom. The lowest BCUT2D eigenvalue weighted by atomic mass is 10.1. The number of nitrogens with one attached hydrogen (secondary N) is 1. The Morgan fingerprint density at radius 3 is 2.95 bits per heavy atom. The summed E-state index contributed by atoms with van der Waals surface area (Å²) in [6, 6.07) is 7.09. The van der Waals surface area contributed by atoms with Crippen molar-refractivity contribution in [1.82, 2.24) is 10.3 Å². The zero-order valence-corrected chi connectivity index (χ0v) is 11.3. The van der Waals surface area contributed by atoms with Crippen LogP contribution in [0.25, 0.3) is 10.9 Å². The fourth-order valence-electron chi connectivity index (χ4n) is 1.89. The van der Waals surface area contributed by atoms with E-state index in [1.165, 1.54) is 0 Å². The Labute approximate surface area is 117 Å². The predicted octanol–water partition coefficient (Wildman–Crippen LogP) is 2.36. The fraction of sp³-hybridized carbons (Fsp3) is 0.286. The number of halogens is 1. The van der Waals surface area contributed by atoms with Gasteiger partial charge < -0.3 is 11.1 Å². The number of fused-ring (bicyclic) bond motifs is 1. The van der Waals surface area contributed by atoms with Crippen LogP contribution in [0.1, 0.15) is 23.2 Å². The van der Waals surface area contributed by atoms with E-state index in [1.807, 2.05) is 6.07 Å². The summed E-state index contributed by atoms with van der Waals surface area (Å²) in [5, 5.41) is 4.26. The van der Waals surface area contributed by atoms with Gasteiger partial charge >= 0.3 is 0 Å². The van der Waals surface area contributed by atoms with E-state index in [1.54, 1.807) is 24.4 Å². The van der Waals surface area contributed by atoms with Gasteiger partial charge in [0.15, 0.2) is 0 Å². The molecule has 3 N–H and O–H groups in total. The van der Waals surface area contributed by atoms with Crippen LogP contribution in [0.15, 0.2) is 30.5 Å². The molecule has 1 heterocycles. The summed E-state index contributed by atoms with van der Waals surface area (Å²) in [6.45, 7) is 1.26. The van der Waals surface area contributed by atoms with Crippen LogP contribution in [0.3, 0.4) is 0 Å². The molecule has 0 unspecified atom stereocenters. The van der Waals surface area contributed by atoms with E-state index in [9.17, 15) is 4.79 Å². The number of carbonyl (C=O) groups is 1. The third-order valence-corrected chi connectivity index (χ3v) is 3.21. The first-order valence-electron chi connectivity index (χ1n) is 6.25. The number of benzene rings is 1. The van der Waals surface area contributed by atoms with Crippen LogP contribution < -0.4 is 11.1 Å². The van der Waals surface area contributed by atoms with Crippen LogP contribution >= 0.6 is 11.6 Å². The smallest absolute Gasteiger partial charge is 0.253 e. The Morgan fingerprint density at radius 1 is 1.32 bits per heavy atom. The highest BCUT2D eigenvalue weighted by Crippen LogP contribution is 2.24. The van der Waals surface area contributed by atoms with Gasteiger partial charge in [-0.05, 0) is 43.7 Å². The van der Waals surface area contributed by atoms with Gasteiger partial charge in [-0.25, -0.2) is 0 Å². The monoisotopic (exact) mass is 277 g/mol. The first kappa shape index (κ1) is 13.8. The van der Waals surface area contributed by atoms with Crippen molar-refractivity contribution in [3.63, 3.8) is 0 Å². The lowest BCUT2D eigenvalue weighted by molar-refractivity contribution is 0.0954. The van der Waals surface area contributed by atoms with Gasteiger partial charge in [0.05, 0.1) is 16.1 Å². The molecular formula is C14H16ClN3O. The van der Waals surface area contributed by atoms with Crippen molar-refractivity contribution < 1.29 is 4.79 Å². The third kappa shape index (κ3) is 3.22. The molecule has 0 aliphatic carbocycles. The van der Waals surface area contributed by atoms with E-state index in [0.29, 0.717) is 29.2 Å². The van der Waals surface area contributed by atoms with Crippen LogP contribution in [-0.2, 0) is 0 Å². The molecule has 1 aromatic carbocycles. The van der Waals surface area contributed by atoms with Gasteiger partial charge in [-0.1, -0.05) is 11.6 Å². The molecule has 0 spiro atoms. The van der Waals surface area contributed by atoms with E-state index in [0.717, 1.165) is 18.2 Å². The number of nitrogens with zero attached hydrogens (tertiary/aromatic N) is 1. The molecule has 0 saturated carbocycles. The molecule has 0 bridgehead atoms. The molecule has 1 aromatic heterocycles. The quantitative estimate of drug-likeness (QED) is 0.825. The molecule has 19 heavy (non-hydrogen) atoms. The molecule has 0 radical (unpaired) electrons. The van der Waals surface area contributed by atoms with E-state index >= 15 is 0 Å². The van der Waals surface area contributed by atoms with Crippen molar-refractivity contribution in [1.29, 1.82) is 0 Å². The summed E-state index contributed by atoms with van der Waals surface area (Å²) < 4.78 is 0. The summed E-state index contributed by atoms with van der Waals surface area (Å²) in [7, 11) is 0. The second kappa shape index (κ2) is 6.50. The average Bonchev–Trinajstić information content (AvgIpc) is 2.44. The molecule has 100 valence electrons. The minimum absolute atomic E-state index is 0.127. The molecule has 1 amide bonds. The summed E-state index contributed by atoms with van der Waals surface area (Å²) >= 11 is 6.09. The van der Waals surface area contributed by atoms with E-state index in [2.05, 4.69) is 10.3 Å². The number of hydrogen-bond donors (Lipinski definition) is 2. The van der Waals surface area contributed by atoms with Crippen LogP contribution in [0.4, 0.5) is 0 Å². The van der Waals surface area contributed by atoms with E-state index < -0.39 is 0 Å². The van der Waals surface area contributed by atoms with Crippen molar-refractivity contribution in [3.8, 4) is 0 Å². The Hall–Kier alpha value is -1.65. The molecule has 0 aliphatic rings. The summed E-state index contributed by atoms with van der Waals surface area (Å²) in [6.07, 6.45) is 3.44. The highest BCUT2D eigenvalue weighted by Gasteiger charge is 2.12. The second-order valence-corrected chi connectivity index (χ2v) is 4.65. The lowest BCUT2D eigenvalue weighted by Gasteiger charge is -2.08. The third-order valence-electron chi connectivity index (χ3n) is 2.88. The van der Waals surface area contributed by atoms with Crippen LogP contribution in [-0.4, -0.2) is 24.0 Å². The highest BCUT2D eigenvalue weighted by molar-refractivity contribution is 6.35. The summed E-state index contributed by atoms with van der Waals surface area (Å²) in [4.78, 5) is 16.3. The minimum atomic E-state index is -0.127. The standard InChI is InChI=1S/C14H16ClN3O/c15-12-6-5-11(13-10(12)4-3-9-17-13)14(19)18-8-2-1-7-16/h3-6,9H,1-2,7-8,16H2,(H,18,19). The number of aromatic nitrogens is 1. The van der Waals surface area contributed by atoms with Gasteiger partial charge in [0.2, 0.25) is 0 Å². The molecule has 0 fully saturated rings. The van der Waals surface area contributed by atoms with Gasteiger partial charge in [-0.3, -0.25) is 9.78 Å². The summed E-state index contributed by atoms with van der Waals surface area (Å²) in [5.74, 6) is -0.127. The maximum Gasteiger partial charge on any atom is 0.253 e. The normalized spacial score (nSPS) is 10.6. The number of pyridine rings is 1. The molecule has 0 atom stereocenters. The Balaban J connectivity index is 2.20. The number of nitrogens with two attached hydrogens (primary N) is 1. The van der Waals surface area contributed by atoms with Gasteiger partial charge in [0.25, 0.3) is 5.91 Å². The Bertz CT molecular complexity index is 586. The number of hydrogen-bond acceptors (Lipinski definition) is 3. The largest absolute Gasteiger partial charge is 0.352 e. The van der Waals surface area contributed by atoms with Gasteiger partial charge in [-0.15, -0.1) is 0 Å². The lowest BCUT2D eigenvalue weighted by Crippen LogP contribution is -2.25. The zero-order chi connectivity index (χ0) is 13.7. The van der Waals surface area contributed by atoms with Gasteiger partial charge in [0.1, 0.15) is 0 Å². The van der Waals surface area contributed by atoms with Crippen molar-refractivity contribution in [2.24, 2.45) is 5.73 Å². The van der Waals surface area contributed by atoms with E-state index in [-0.39, 0.29) is 5.91 Å². The Kier molecular flexibility index (Phi) is 4.71. The average molecular weight is 278 g/mol. The molecular weight excluding hydrogens is 262 g/mol. The number of carbonyl (C=O) groups excluding carboxylic acids is 1. The van der Waals surface area contributed by atoms with Crippen molar-refractivity contribution >= 4 is 28.4 Å². The van der Waals surface area contributed by atoms with Crippen molar-refractivity contribution in [2.45, 2.75) is 12.8 Å². The molecule has 0 saturated heterocycles. The SMILES string of the molecule is NCCCCNC(=O)c1ccc(Cl)c2cccnc12. The molecule has 2 aromatic rings. The van der Waals surface area contributed by atoms with Crippen LogP contribution in [0, 0.1) is 0 Å². The van der Waals surface area contributed by atoms with Gasteiger partial charge in [-0.2, -0.15) is 0 Å². The fourth-order valence-corrected chi connectivity index (χ4v) is 2.10. The number of rotatable bonds is 5. The number of amides is 1. The predicted molar refractivity (Wildman–Crippen MR) is 77.4 cm³/mol. The highest BCUT2D eigenvalue weighted by atomic mass is 35.5. The second-order valence-electron chi connectivity index (χ2n) is 4.25. The number of unbranched alkanes of at least 4 members (excludes halogenated alkanes) is 1. The summed E-state index contributed by atoms with van der Waals surface area (Å²) in [5.41, 5.74) is 6.59. The van der Waals surface area contributed by atoms with Gasteiger partial charge in [0, 0.05) is 18.1 Å². The molecule has 2 rings (SSSR count). The molecule has 5 heteroatoms. The topological polar surface area (TPSA) is 68.0 Å². The maximum absolute atomic E-state index is 12.1. The first-order chi connectivity index (χ1) is 9.24. The molecule has 0 aliphatic heterocycles.